The minimum atomic E-state index is -1.53. The van der Waals surface area contributed by atoms with Crippen molar-refractivity contribution < 1.29 is 43.1 Å². The number of aromatic hydroxyl groups is 1. The molecule has 4 amide bonds. The number of carboxylic acid groups (broad SMARTS) is 1. The summed E-state index contributed by atoms with van der Waals surface area (Å²) in [6.07, 6.45) is 5.27. The summed E-state index contributed by atoms with van der Waals surface area (Å²) in [6, 6.07) is 15.6. The van der Waals surface area contributed by atoms with Gasteiger partial charge in [0.05, 0.1) is 17.4 Å². The molecule has 6 rings (SSSR count). The molecular weight excluding hydrogens is 674 g/mol. The molecule has 3 aromatic rings. The minimum Gasteiger partial charge on any atom is -0.543 e. The number of nitrogens with zero attached hydrogens (tertiary/aromatic N) is 3. The number of rotatable bonds is 11. The van der Waals surface area contributed by atoms with Crippen molar-refractivity contribution in [2.45, 2.75) is 35.8 Å². The number of phenolic OH excluding ortho intramolecular Hbond substituents is 1. The molecule has 3 N–H and O–H groups in total. The van der Waals surface area contributed by atoms with E-state index < -0.39 is 40.8 Å². The normalized spacial score (nSPS) is 19.5. The van der Waals surface area contributed by atoms with Gasteiger partial charge < -0.3 is 30.5 Å². The number of allylic oxidation sites excluding steroid dienone is 1. The lowest BCUT2D eigenvalue weighted by Crippen LogP contribution is -2.71. The standard InChI is InChI=1S/C34H30FN5O7S2/c35-25-15-23(6-7-26(25)41)36-27(42)17-38-11-8-20(9-12-38)16-39-13-10-21(31(39)44)14-22-18-49-33-29(32(45)40(33)30(22)34(46)47)37-28(43)19-48-24-4-2-1-3-5-24/h1-9,11-12,14-15,29,33H,10,13,16-19H2,(H3-,36,37,41,42,43,46,47)/b21-14+. The fourth-order valence-corrected chi connectivity index (χ4v) is 7.69. The van der Waals surface area contributed by atoms with E-state index in [4.69, 9.17) is 0 Å². The number of β-lactam (4-membered cyclic amide) rings is 1. The van der Waals surface area contributed by atoms with E-state index in [0.29, 0.717) is 24.1 Å². The number of hydrogen-bond acceptors (Lipinski definition) is 9. The summed E-state index contributed by atoms with van der Waals surface area (Å²) in [6.45, 7) is 0.646. The maximum atomic E-state index is 13.5. The summed E-state index contributed by atoms with van der Waals surface area (Å²) in [5.41, 5.74) is 1.44. The van der Waals surface area contributed by atoms with Gasteiger partial charge in [0.15, 0.2) is 24.0 Å². The highest BCUT2D eigenvalue weighted by atomic mass is 32.2. The van der Waals surface area contributed by atoms with E-state index in [9.17, 15) is 38.6 Å². The number of phenols is 1. The molecule has 0 saturated carbocycles. The molecule has 49 heavy (non-hydrogen) atoms. The van der Waals surface area contributed by atoms with Crippen molar-refractivity contribution >= 4 is 58.8 Å². The molecule has 2 saturated heterocycles. The molecule has 3 aliphatic rings. The lowest BCUT2D eigenvalue weighted by molar-refractivity contribution is -0.684. The van der Waals surface area contributed by atoms with E-state index in [1.54, 1.807) is 34.0 Å². The lowest BCUT2D eigenvalue weighted by atomic mass is 10.0. The van der Waals surface area contributed by atoms with E-state index in [2.05, 4.69) is 10.6 Å². The Balaban J connectivity index is 1.04. The zero-order valence-corrected chi connectivity index (χ0v) is 27.5. The van der Waals surface area contributed by atoms with Gasteiger partial charge in [0.2, 0.25) is 18.4 Å². The highest BCUT2D eigenvalue weighted by Crippen LogP contribution is 2.41. The number of aliphatic carboxylic acids is 1. The van der Waals surface area contributed by atoms with Crippen LogP contribution in [0, 0.1) is 5.82 Å². The average Bonchev–Trinajstić information content (AvgIpc) is 3.42. The van der Waals surface area contributed by atoms with Gasteiger partial charge in [-0.1, -0.05) is 18.2 Å². The zero-order chi connectivity index (χ0) is 34.7. The van der Waals surface area contributed by atoms with E-state index in [1.165, 1.54) is 35.7 Å². The van der Waals surface area contributed by atoms with Crippen LogP contribution in [0.3, 0.4) is 0 Å². The Morgan fingerprint density at radius 2 is 1.84 bits per heavy atom. The molecule has 3 aliphatic heterocycles. The van der Waals surface area contributed by atoms with Gasteiger partial charge in [-0.25, -0.2) is 4.39 Å². The molecule has 252 valence electrons. The highest BCUT2D eigenvalue weighted by molar-refractivity contribution is 8.00. The zero-order valence-electron chi connectivity index (χ0n) is 25.8. The first kappa shape index (κ1) is 33.7. The molecular formula is C34H30FN5O7S2. The van der Waals surface area contributed by atoms with Gasteiger partial charge in [-0.3, -0.25) is 24.1 Å². The molecule has 12 nitrogen and oxygen atoms in total. The molecule has 1 aromatic heterocycles. The predicted octanol–water partition coefficient (Wildman–Crippen LogP) is 1.31. The Hall–Kier alpha value is -5.15. The maximum absolute atomic E-state index is 13.5. The number of carboxylic acids is 1. The van der Waals surface area contributed by atoms with E-state index >= 15 is 0 Å². The Morgan fingerprint density at radius 1 is 1.08 bits per heavy atom. The monoisotopic (exact) mass is 703 g/mol. The van der Waals surface area contributed by atoms with Gasteiger partial charge in [-0.05, 0) is 47.9 Å². The molecule has 2 unspecified atom stereocenters. The molecule has 15 heteroatoms. The third kappa shape index (κ3) is 7.62. The minimum absolute atomic E-state index is 0.0486. The van der Waals surface area contributed by atoms with Gasteiger partial charge in [-0.2, -0.15) is 4.57 Å². The number of thioether (sulfide) groups is 2. The number of halogens is 1. The molecule has 2 fully saturated rings. The molecule has 2 aromatic carbocycles. The fraction of sp³-hybridized carbons (Fsp3) is 0.235. The van der Waals surface area contributed by atoms with Crippen LogP contribution in [0.5, 0.6) is 5.75 Å². The number of pyridine rings is 1. The topological polar surface area (TPSA) is 163 Å². The Bertz CT molecular complexity index is 1890. The quantitative estimate of drug-likeness (QED) is 0.0879. The number of anilines is 1. The van der Waals surface area contributed by atoms with Gasteiger partial charge >= 0.3 is 0 Å². The van der Waals surface area contributed by atoms with E-state index in [-0.39, 0.29) is 47.8 Å². The first-order chi connectivity index (χ1) is 23.6. The van der Waals surface area contributed by atoms with E-state index in [1.807, 2.05) is 30.3 Å². The molecule has 0 radical (unpaired) electrons. The number of likely N-dealkylation sites (tertiary alicyclic amines) is 1. The molecule has 0 bridgehead atoms. The van der Waals surface area contributed by atoms with Gasteiger partial charge in [0.1, 0.15) is 11.4 Å². The van der Waals surface area contributed by atoms with E-state index in [0.717, 1.165) is 27.5 Å². The van der Waals surface area contributed by atoms with Crippen LogP contribution in [0.4, 0.5) is 10.1 Å². The fourth-order valence-electron chi connectivity index (χ4n) is 5.66. The second-order valence-electron chi connectivity index (χ2n) is 11.5. The molecule has 0 spiro atoms. The molecule has 0 aliphatic carbocycles. The van der Waals surface area contributed by atoms with Gasteiger partial charge in [0, 0.05) is 53.2 Å². The van der Waals surface area contributed by atoms with Crippen LogP contribution in [0.15, 0.2) is 101 Å². The summed E-state index contributed by atoms with van der Waals surface area (Å²) in [5.74, 6) is -4.10. The van der Waals surface area contributed by atoms with Crippen LogP contribution in [0.1, 0.15) is 12.0 Å². The highest BCUT2D eigenvalue weighted by Gasteiger charge is 2.52. The number of amides is 4. The van der Waals surface area contributed by atoms with Crippen LogP contribution in [-0.2, 0) is 37.1 Å². The van der Waals surface area contributed by atoms with Crippen LogP contribution in [-0.4, -0.2) is 74.0 Å². The number of carbonyl (C=O) groups excluding carboxylic acids is 5. The second-order valence-corrected chi connectivity index (χ2v) is 13.6. The van der Waals surface area contributed by atoms with Crippen molar-refractivity contribution in [2.75, 3.05) is 23.4 Å². The lowest BCUT2D eigenvalue weighted by Gasteiger charge is -2.50. The van der Waals surface area contributed by atoms with Crippen LogP contribution in [0.2, 0.25) is 0 Å². The first-order valence-electron chi connectivity index (χ1n) is 15.2. The van der Waals surface area contributed by atoms with Crippen LogP contribution >= 0.6 is 23.5 Å². The van der Waals surface area contributed by atoms with Crippen molar-refractivity contribution in [2.24, 2.45) is 0 Å². The number of nitrogens with one attached hydrogen (secondary N) is 2. The number of benzene rings is 2. The van der Waals surface area contributed by atoms with Crippen molar-refractivity contribution in [1.29, 1.82) is 0 Å². The van der Waals surface area contributed by atoms with Crippen LogP contribution < -0.4 is 20.3 Å². The largest absolute Gasteiger partial charge is 0.543 e. The Labute approximate surface area is 288 Å². The van der Waals surface area contributed by atoms with Crippen molar-refractivity contribution in [3.8, 4) is 5.75 Å². The molecule has 2 atom stereocenters. The van der Waals surface area contributed by atoms with Crippen LogP contribution in [0.25, 0.3) is 0 Å². The number of fused-ring (bicyclic) bond motifs is 1. The first-order valence-corrected chi connectivity index (χ1v) is 17.2. The number of hydrogen-bond donors (Lipinski definition) is 3. The third-order valence-electron chi connectivity index (χ3n) is 8.07. The van der Waals surface area contributed by atoms with Gasteiger partial charge in [-0.15, -0.1) is 23.5 Å². The summed E-state index contributed by atoms with van der Waals surface area (Å²) in [4.78, 5) is 67.1. The Kier molecular flexibility index (Phi) is 10.0. The summed E-state index contributed by atoms with van der Waals surface area (Å²) in [7, 11) is 0. The second kappa shape index (κ2) is 14.5. The number of aromatic nitrogens is 1. The van der Waals surface area contributed by atoms with Crippen molar-refractivity contribution in [1.82, 2.24) is 15.1 Å². The van der Waals surface area contributed by atoms with Crippen molar-refractivity contribution in [3.05, 3.63) is 107 Å². The maximum Gasteiger partial charge on any atom is 0.290 e. The Morgan fingerprint density at radius 3 is 2.55 bits per heavy atom. The summed E-state index contributed by atoms with van der Waals surface area (Å²) >= 11 is 2.64. The predicted molar refractivity (Wildman–Crippen MR) is 176 cm³/mol. The van der Waals surface area contributed by atoms with Crippen molar-refractivity contribution in [3.63, 3.8) is 0 Å². The summed E-state index contributed by atoms with van der Waals surface area (Å²) < 4.78 is 15.2. The third-order valence-corrected chi connectivity index (χ3v) is 10.4. The SMILES string of the molecule is O=C(C[n+]1ccc(CN2CC/C(=C\C3=C(C(=O)[O-])N4C(=O)C(NC(=O)CSc5ccccc5)C4SC3)C2=O)cc1)Nc1ccc(O)c(F)c1. The summed E-state index contributed by atoms with van der Waals surface area (Å²) in [5, 5.41) is 26.2. The number of carbonyl (C=O) groups is 5. The van der Waals surface area contributed by atoms with Gasteiger partial charge in [0.25, 0.3) is 11.8 Å². The smallest absolute Gasteiger partial charge is 0.290 e. The molecule has 4 heterocycles. The average molecular weight is 704 g/mol.